The summed E-state index contributed by atoms with van der Waals surface area (Å²) in [7, 11) is 0. The third-order valence-corrected chi connectivity index (χ3v) is 3.38. The van der Waals surface area contributed by atoms with Gasteiger partial charge in [0.2, 0.25) is 0 Å². The van der Waals surface area contributed by atoms with Crippen LogP contribution in [0.1, 0.15) is 39.3 Å². The van der Waals surface area contributed by atoms with Gasteiger partial charge in [0, 0.05) is 6.04 Å². The van der Waals surface area contributed by atoms with Crippen LogP contribution in [0, 0.1) is 5.92 Å². The Kier molecular flexibility index (Phi) is 5.35. The molecule has 94 valence electrons. The number of aromatic nitrogens is 1. The average molecular weight is 251 g/mol. The first-order valence-electron chi connectivity index (χ1n) is 6.10. The fourth-order valence-electron chi connectivity index (χ4n) is 2.00. The second-order valence-electron chi connectivity index (χ2n) is 4.31. The molecular formula is C13H21N3S. The summed E-state index contributed by atoms with van der Waals surface area (Å²) in [6.07, 6.45) is 4.15. The summed E-state index contributed by atoms with van der Waals surface area (Å²) >= 11 is 4.87. The van der Waals surface area contributed by atoms with Crippen LogP contribution in [0.25, 0.3) is 0 Å². The summed E-state index contributed by atoms with van der Waals surface area (Å²) in [5, 5.41) is 3.46. The van der Waals surface area contributed by atoms with Crippen LogP contribution in [0.4, 0.5) is 5.69 Å². The normalized spacial score (nSPS) is 12.5. The molecule has 1 aromatic rings. The molecule has 0 aliphatic carbocycles. The maximum Gasteiger partial charge on any atom is 0.122 e. The molecule has 0 spiro atoms. The summed E-state index contributed by atoms with van der Waals surface area (Å²) < 4.78 is 0. The minimum atomic E-state index is 0.338. The van der Waals surface area contributed by atoms with E-state index in [4.69, 9.17) is 18.0 Å². The zero-order valence-electron chi connectivity index (χ0n) is 10.7. The predicted molar refractivity (Wildman–Crippen MR) is 77.3 cm³/mol. The summed E-state index contributed by atoms with van der Waals surface area (Å²) in [5.41, 5.74) is 7.19. The smallest absolute Gasteiger partial charge is 0.122 e. The van der Waals surface area contributed by atoms with Crippen molar-refractivity contribution < 1.29 is 0 Å². The lowest BCUT2D eigenvalue weighted by Gasteiger charge is -2.23. The zero-order valence-corrected chi connectivity index (χ0v) is 11.6. The maximum atomic E-state index is 5.50. The first-order chi connectivity index (χ1) is 8.08. The Labute approximate surface area is 109 Å². The van der Waals surface area contributed by atoms with Crippen molar-refractivity contribution in [2.75, 3.05) is 5.32 Å². The highest BCUT2D eigenvalue weighted by Gasteiger charge is 2.13. The summed E-state index contributed by atoms with van der Waals surface area (Å²) in [6.45, 7) is 6.65. The number of nitrogens with two attached hydrogens (primary N) is 1. The minimum absolute atomic E-state index is 0.338. The van der Waals surface area contributed by atoms with Gasteiger partial charge in [-0.15, -0.1) is 0 Å². The molecule has 0 bridgehead atoms. The van der Waals surface area contributed by atoms with Gasteiger partial charge in [-0.25, -0.2) is 0 Å². The molecule has 4 heteroatoms. The van der Waals surface area contributed by atoms with Crippen molar-refractivity contribution in [2.24, 2.45) is 11.7 Å². The number of nitrogens with one attached hydrogen (secondary N) is 1. The van der Waals surface area contributed by atoms with Crippen molar-refractivity contribution in [3.63, 3.8) is 0 Å². The Bertz CT molecular complexity index is 357. The highest BCUT2D eigenvalue weighted by Crippen LogP contribution is 2.17. The molecule has 0 aliphatic rings. The van der Waals surface area contributed by atoms with E-state index < -0.39 is 0 Å². The number of hydrogen-bond donors (Lipinski definition) is 2. The van der Waals surface area contributed by atoms with E-state index >= 15 is 0 Å². The van der Waals surface area contributed by atoms with Crippen LogP contribution in [0.2, 0.25) is 0 Å². The largest absolute Gasteiger partial charge is 0.388 e. The molecule has 0 radical (unpaired) electrons. The zero-order chi connectivity index (χ0) is 12.8. The molecule has 1 atom stereocenters. The van der Waals surface area contributed by atoms with Gasteiger partial charge in [-0.1, -0.05) is 38.9 Å². The topological polar surface area (TPSA) is 50.9 Å². The molecule has 0 aliphatic heterocycles. The van der Waals surface area contributed by atoms with Gasteiger partial charge >= 0.3 is 0 Å². The number of rotatable bonds is 6. The van der Waals surface area contributed by atoms with Crippen LogP contribution in [0.15, 0.2) is 18.3 Å². The minimum Gasteiger partial charge on any atom is -0.388 e. The highest BCUT2D eigenvalue weighted by atomic mass is 32.1. The van der Waals surface area contributed by atoms with E-state index in [9.17, 15) is 0 Å². The molecule has 3 N–H and O–H groups in total. The monoisotopic (exact) mass is 251 g/mol. The molecule has 0 aromatic carbocycles. The van der Waals surface area contributed by atoms with Gasteiger partial charge in [0.15, 0.2) is 0 Å². The van der Waals surface area contributed by atoms with Gasteiger partial charge in [0.1, 0.15) is 4.99 Å². The van der Waals surface area contributed by atoms with Gasteiger partial charge in [0.05, 0.1) is 17.6 Å². The maximum absolute atomic E-state index is 5.50. The molecule has 0 amide bonds. The molecule has 0 fully saturated rings. The van der Waals surface area contributed by atoms with E-state index in [2.05, 4.69) is 31.1 Å². The Balaban J connectivity index is 2.65. The van der Waals surface area contributed by atoms with Gasteiger partial charge in [-0.2, -0.15) is 0 Å². The summed E-state index contributed by atoms with van der Waals surface area (Å²) in [5.74, 6) is 0.685. The molecule has 1 aromatic heterocycles. The van der Waals surface area contributed by atoms with E-state index in [-0.39, 0.29) is 0 Å². The second kappa shape index (κ2) is 6.55. The van der Waals surface area contributed by atoms with Crippen LogP contribution >= 0.6 is 12.2 Å². The van der Waals surface area contributed by atoms with Gasteiger partial charge in [-0.05, 0) is 25.0 Å². The molecule has 1 rings (SSSR count). The van der Waals surface area contributed by atoms with Crippen LogP contribution in [-0.4, -0.2) is 16.0 Å². The van der Waals surface area contributed by atoms with E-state index in [0.717, 1.165) is 5.69 Å². The molecular weight excluding hydrogens is 230 g/mol. The lowest BCUT2D eigenvalue weighted by molar-refractivity contribution is 0.438. The fourth-order valence-corrected chi connectivity index (χ4v) is 2.12. The first kappa shape index (κ1) is 13.9. The van der Waals surface area contributed by atoms with Crippen LogP contribution in [-0.2, 0) is 0 Å². The first-order valence-corrected chi connectivity index (χ1v) is 6.51. The van der Waals surface area contributed by atoms with Crippen molar-refractivity contribution >= 4 is 22.9 Å². The Morgan fingerprint density at radius 1 is 1.41 bits per heavy atom. The average Bonchev–Trinajstić information content (AvgIpc) is 2.31. The number of thiocarbonyl (C=S) groups is 1. The van der Waals surface area contributed by atoms with E-state index in [1.54, 1.807) is 6.20 Å². The van der Waals surface area contributed by atoms with E-state index in [1.165, 1.54) is 12.8 Å². The predicted octanol–water partition coefficient (Wildman–Crippen LogP) is 2.95. The van der Waals surface area contributed by atoms with Crippen molar-refractivity contribution in [3.8, 4) is 0 Å². The third-order valence-electron chi connectivity index (χ3n) is 3.17. The van der Waals surface area contributed by atoms with Crippen LogP contribution in [0.3, 0.4) is 0 Å². The van der Waals surface area contributed by atoms with Crippen molar-refractivity contribution in [1.82, 2.24) is 4.98 Å². The van der Waals surface area contributed by atoms with E-state index in [1.807, 2.05) is 12.1 Å². The van der Waals surface area contributed by atoms with Crippen molar-refractivity contribution in [2.45, 2.75) is 39.7 Å². The van der Waals surface area contributed by atoms with Gasteiger partial charge < -0.3 is 11.1 Å². The van der Waals surface area contributed by atoms with Crippen molar-refractivity contribution in [3.05, 3.63) is 24.0 Å². The molecule has 1 heterocycles. The summed E-state index contributed by atoms with van der Waals surface area (Å²) in [4.78, 5) is 4.55. The fraction of sp³-hybridized carbons (Fsp3) is 0.538. The van der Waals surface area contributed by atoms with Crippen LogP contribution in [0.5, 0.6) is 0 Å². The molecule has 1 unspecified atom stereocenters. The third kappa shape index (κ3) is 3.97. The second-order valence-corrected chi connectivity index (χ2v) is 4.75. The number of pyridine rings is 1. The lowest BCUT2D eigenvalue weighted by atomic mass is 9.95. The lowest BCUT2D eigenvalue weighted by Crippen LogP contribution is -2.25. The quantitative estimate of drug-likeness (QED) is 0.763. The number of anilines is 1. The molecule has 17 heavy (non-hydrogen) atoms. The van der Waals surface area contributed by atoms with Crippen molar-refractivity contribution in [1.29, 1.82) is 0 Å². The van der Waals surface area contributed by atoms with Gasteiger partial charge in [-0.3, -0.25) is 4.98 Å². The number of hydrogen-bond acceptors (Lipinski definition) is 3. The molecule has 0 saturated carbocycles. The summed E-state index contributed by atoms with van der Waals surface area (Å²) in [6, 6.07) is 4.27. The number of nitrogens with zero attached hydrogens (tertiary/aromatic N) is 1. The Morgan fingerprint density at radius 3 is 2.47 bits per heavy atom. The van der Waals surface area contributed by atoms with E-state index in [0.29, 0.717) is 22.6 Å². The standard InChI is InChI=1S/C13H21N3S/c1-4-10(5-2)9(3)16-11-6-7-12(13(14)17)15-8-11/h6-10,16H,4-5H2,1-3H3,(H2,14,17). The van der Waals surface area contributed by atoms with Gasteiger partial charge in [0.25, 0.3) is 0 Å². The Morgan fingerprint density at radius 2 is 2.06 bits per heavy atom. The molecule has 3 nitrogen and oxygen atoms in total. The SMILES string of the molecule is CCC(CC)C(C)Nc1ccc(C(N)=S)nc1. The molecule has 0 saturated heterocycles. The van der Waals surface area contributed by atoms with Crippen LogP contribution < -0.4 is 11.1 Å². The Hall–Kier alpha value is -1.16. The highest BCUT2D eigenvalue weighted by molar-refractivity contribution is 7.80.